The van der Waals surface area contributed by atoms with Gasteiger partial charge in [-0.05, 0) is 24.6 Å². The van der Waals surface area contributed by atoms with Crippen LogP contribution in [0.15, 0.2) is 54.6 Å². The van der Waals surface area contributed by atoms with Crippen LogP contribution in [0.25, 0.3) is 0 Å². The third kappa shape index (κ3) is 6.17. The predicted octanol–water partition coefficient (Wildman–Crippen LogP) is 4.05. The molecule has 0 heterocycles. The van der Waals surface area contributed by atoms with Crippen molar-refractivity contribution in [1.29, 1.82) is 0 Å². The summed E-state index contributed by atoms with van der Waals surface area (Å²) in [5, 5.41) is 0. The maximum absolute atomic E-state index is 13.6. The van der Waals surface area contributed by atoms with Crippen LogP contribution in [-0.2, 0) is 20.9 Å². The minimum Gasteiger partial charge on any atom is -0.461 e. The third-order valence-electron chi connectivity index (χ3n) is 4.15. The zero-order chi connectivity index (χ0) is 21.6. The maximum Gasteiger partial charge on any atom is 0.409 e. The molecular formula is C21H20F3NO4. The van der Waals surface area contributed by atoms with Crippen LogP contribution in [0.5, 0.6) is 0 Å². The van der Waals surface area contributed by atoms with E-state index in [2.05, 4.69) is 0 Å². The molecule has 0 aliphatic heterocycles. The van der Waals surface area contributed by atoms with Crippen molar-refractivity contribution in [3.8, 4) is 0 Å². The van der Waals surface area contributed by atoms with Gasteiger partial charge < -0.3 is 4.74 Å². The number of hydrogen-bond acceptors (Lipinski definition) is 4. The highest BCUT2D eigenvalue weighted by Crippen LogP contribution is 2.29. The standard InChI is InChI=1S/C21H20F3NO4/c1-14-8-10-16(11-9-14)13-29-19(27)12-18(21(22,23)24)25(15(2)26)20(28)17-6-4-3-5-7-17/h3-11,18H,12-13H2,1-2H3. The summed E-state index contributed by atoms with van der Waals surface area (Å²) in [7, 11) is 0. The summed E-state index contributed by atoms with van der Waals surface area (Å²) in [6, 6.07) is 11.4. The molecular weight excluding hydrogens is 387 g/mol. The van der Waals surface area contributed by atoms with Crippen LogP contribution in [-0.4, -0.2) is 34.9 Å². The first-order valence-electron chi connectivity index (χ1n) is 8.76. The van der Waals surface area contributed by atoms with E-state index in [9.17, 15) is 27.6 Å². The lowest BCUT2D eigenvalue weighted by molar-refractivity contribution is -0.189. The molecule has 2 aromatic rings. The number of halogens is 3. The quantitative estimate of drug-likeness (QED) is 0.678. The van der Waals surface area contributed by atoms with Crippen LogP contribution in [0.4, 0.5) is 13.2 Å². The van der Waals surface area contributed by atoms with Crippen molar-refractivity contribution in [2.24, 2.45) is 0 Å². The normalized spacial score (nSPS) is 12.2. The van der Waals surface area contributed by atoms with Crippen LogP contribution in [0.1, 0.15) is 34.8 Å². The average molecular weight is 407 g/mol. The Kier molecular flexibility index (Phi) is 7.14. The van der Waals surface area contributed by atoms with E-state index in [1.54, 1.807) is 30.3 Å². The summed E-state index contributed by atoms with van der Waals surface area (Å²) >= 11 is 0. The van der Waals surface area contributed by atoms with E-state index in [1.165, 1.54) is 24.3 Å². The summed E-state index contributed by atoms with van der Waals surface area (Å²) in [5.74, 6) is -3.42. The lowest BCUT2D eigenvalue weighted by Crippen LogP contribution is -2.52. The van der Waals surface area contributed by atoms with Gasteiger partial charge in [0.1, 0.15) is 12.6 Å². The minimum absolute atomic E-state index is 0.0580. The molecule has 0 saturated carbocycles. The number of alkyl halides is 3. The molecule has 2 amide bonds. The molecule has 0 bridgehead atoms. The second kappa shape index (κ2) is 9.36. The number of imide groups is 1. The number of carbonyl (C=O) groups excluding carboxylic acids is 3. The molecule has 0 aliphatic carbocycles. The fourth-order valence-electron chi connectivity index (χ4n) is 2.64. The molecule has 5 nitrogen and oxygen atoms in total. The zero-order valence-corrected chi connectivity index (χ0v) is 15.9. The van der Waals surface area contributed by atoms with Crippen molar-refractivity contribution >= 4 is 17.8 Å². The number of aryl methyl sites for hydroxylation is 1. The summed E-state index contributed by atoms with van der Waals surface area (Å²) in [6.45, 7) is 2.50. The molecule has 0 fully saturated rings. The molecule has 8 heteroatoms. The number of rotatable bonds is 6. The molecule has 0 saturated heterocycles. The van der Waals surface area contributed by atoms with Crippen LogP contribution >= 0.6 is 0 Å². The third-order valence-corrected chi connectivity index (χ3v) is 4.15. The van der Waals surface area contributed by atoms with Gasteiger partial charge in [-0.2, -0.15) is 13.2 Å². The molecule has 0 spiro atoms. The Hall–Kier alpha value is -3.16. The Bertz CT molecular complexity index is 864. The summed E-state index contributed by atoms with van der Waals surface area (Å²) in [5.41, 5.74) is 1.50. The molecule has 0 aromatic heterocycles. The second-order valence-corrected chi connectivity index (χ2v) is 6.47. The summed E-state index contributed by atoms with van der Waals surface area (Å²) in [6.07, 6.45) is -6.19. The van der Waals surface area contributed by atoms with E-state index in [-0.39, 0.29) is 17.1 Å². The first-order valence-corrected chi connectivity index (χ1v) is 8.76. The Morgan fingerprint density at radius 3 is 2.10 bits per heavy atom. The molecule has 1 atom stereocenters. The predicted molar refractivity (Wildman–Crippen MR) is 98.7 cm³/mol. The van der Waals surface area contributed by atoms with Crippen LogP contribution in [0.2, 0.25) is 0 Å². The summed E-state index contributed by atoms with van der Waals surface area (Å²) in [4.78, 5) is 36.5. The van der Waals surface area contributed by atoms with Gasteiger partial charge >= 0.3 is 12.1 Å². The van der Waals surface area contributed by atoms with Crippen LogP contribution in [0.3, 0.4) is 0 Å². The van der Waals surface area contributed by atoms with Gasteiger partial charge in [0.15, 0.2) is 0 Å². The fourth-order valence-corrected chi connectivity index (χ4v) is 2.64. The molecule has 0 aliphatic rings. The number of nitrogens with zero attached hydrogens (tertiary/aromatic N) is 1. The highest BCUT2D eigenvalue weighted by Gasteiger charge is 2.48. The second-order valence-electron chi connectivity index (χ2n) is 6.47. The number of benzene rings is 2. The monoisotopic (exact) mass is 407 g/mol. The van der Waals surface area contributed by atoms with Crippen LogP contribution in [0, 0.1) is 6.92 Å². The number of ether oxygens (including phenoxy) is 1. The Morgan fingerprint density at radius 2 is 1.59 bits per heavy atom. The summed E-state index contributed by atoms with van der Waals surface area (Å²) < 4.78 is 45.8. The van der Waals surface area contributed by atoms with Gasteiger partial charge in [-0.25, -0.2) is 0 Å². The van der Waals surface area contributed by atoms with Crippen molar-refractivity contribution in [2.75, 3.05) is 0 Å². The molecule has 0 radical (unpaired) electrons. The first-order chi connectivity index (χ1) is 13.6. The van der Waals surface area contributed by atoms with Gasteiger partial charge in [-0.1, -0.05) is 48.0 Å². The van der Waals surface area contributed by atoms with E-state index in [0.29, 0.717) is 5.56 Å². The molecule has 2 aromatic carbocycles. The van der Waals surface area contributed by atoms with Crippen molar-refractivity contribution < 1.29 is 32.3 Å². The van der Waals surface area contributed by atoms with Crippen molar-refractivity contribution in [2.45, 2.75) is 39.1 Å². The van der Waals surface area contributed by atoms with Gasteiger partial charge in [0, 0.05) is 12.5 Å². The van der Waals surface area contributed by atoms with Gasteiger partial charge in [-0.3, -0.25) is 19.3 Å². The fraction of sp³-hybridized carbons (Fsp3) is 0.286. The number of carbonyl (C=O) groups is 3. The highest BCUT2D eigenvalue weighted by molar-refractivity contribution is 6.04. The van der Waals surface area contributed by atoms with Gasteiger partial charge in [0.25, 0.3) is 5.91 Å². The lowest BCUT2D eigenvalue weighted by atomic mass is 10.1. The van der Waals surface area contributed by atoms with Crippen molar-refractivity contribution in [1.82, 2.24) is 4.90 Å². The Morgan fingerprint density at radius 1 is 1.00 bits per heavy atom. The average Bonchev–Trinajstić information content (AvgIpc) is 2.66. The SMILES string of the molecule is CC(=O)N(C(=O)c1ccccc1)C(CC(=O)OCc1ccc(C)cc1)C(F)(F)F. The van der Waals surface area contributed by atoms with E-state index < -0.39 is 36.4 Å². The van der Waals surface area contributed by atoms with Crippen molar-refractivity contribution in [3.63, 3.8) is 0 Å². The Labute approximate surface area is 166 Å². The van der Waals surface area contributed by atoms with Gasteiger partial charge in [-0.15, -0.1) is 0 Å². The van der Waals surface area contributed by atoms with Gasteiger partial charge in [0.05, 0.1) is 6.42 Å². The molecule has 0 N–H and O–H groups in total. The lowest BCUT2D eigenvalue weighted by Gasteiger charge is -2.30. The zero-order valence-electron chi connectivity index (χ0n) is 15.9. The van der Waals surface area contributed by atoms with E-state index in [0.717, 1.165) is 12.5 Å². The molecule has 2 rings (SSSR count). The smallest absolute Gasteiger partial charge is 0.409 e. The number of amides is 2. The largest absolute Gasteiger partial charge is 0.461 e. The van der Waals surface area contributed by atoms with Crippen molar-refractivity contribution in [3.05, 3.63) is 71.3 Å². The van der Waals surface area contributed by atoms with E-state index >= 15 is 0 Å². The topological polar surface area (TPSA) is 63.7 Å². The first kappa shape index (κ1) is 22.1. The minimum atomic E-state index is -5.00. The Balaban J connectivity index is 2.17. The number of hydrogen-bond donors (Lipinski definition) is 0. The number of esters is 1. The highest BCUT2D eigenvalue weighted by atomic mass is 19.4. The maximum atomic E-state index is 13.6. The molecule has 1 unspecified atom stereocenters. The van der Waals surface area contributed by atoms with Gasteiger partial charge in [0.2, 0.25) is 5.91 Å². The van der Waals surface area contributed by atoms with E-state index in [4.69, 9.17) is 4.74 Å². The molecule has 29 heavy (non-hydrogen) atoms. The van der Waals surface area contributed by atoms with Crippen LogP contribution < -0.4 is 0 Å². The molecule has 154 valence electrons. The van der Waals surface area contributed by atoms with E-state index in [1.807, 2.05) is 6.92 Å².